The van der Waals surface area contributed by atoms with Crippen LogP contribution in [-0.2, 0) is 0 Å². The van der Waals surface area contributed by atoms with Gasteiger partial charge in [0, 0.05) is 24.1 Å². The molecule has 1 N–H and O–H groups in total. The lowest BCUT2D eigenvalue weighted by molar-refractivity contribution is -0.102. The van der Waals surface area contributed by atoms with Crippen LogP contribution in [0, 0.1) is 5.41 Å². The Labute approximate surface area is 115 Å². The summed E-state index contributed by atoms with van der Waals surface area (Å²) < 4.78 is 6.22. The molecule has 1 aromatic rings. The number of ether oxygens (including phenoxy) is 1. The van der Waals surface area contributed by atoms with E-state index in [0.29, 0.717) is 17.6 Å². The maximum Gasteiger partial charge on any atom is 0.138 e. The van der Waals surface area contributed by atoms with E-state index >= 15 is 0 Å². The molecule has 0 aliphatic heterocycles. The lowest BCUT2D eigenvalue weighted by Crippen LogP contribution is -2.65. The van der Waals surface area contributed by atoms with Crippen molar-refractivity contribution in [3.8, 4) is 5.75 Å². The highest BCUT2D eigenvalue weighted by atomic mass is 16.5. The van der Waals surface area contributed by atoms with Crippen molar-refractivity contribution in [2.24, 2.45) is 5.41 Å². The van der Waals surface area contributed by atoms with Gasteiger partial charge in [-0.2, -0.15) is 0 Å². The van der Waals surface area contributed by atoms with Crippen molar-refractivity contribution in [1.82, 2.24) is 10.3 Å². The normalized spacial score (nSPS) is 28.9. The molecule has 19 heavy (non-hydrogen) atoms. The molecule has 0 bridgehead atoms. The predicted octanol–water partition coefficient (Wildman–Crippen LogP) is 3.16. The molecule has 0 aromatic carbocycles. The lowest BCUT2D eigenvalue weighted by atomic mass is 9.55. The van der Waals surface area contributed by atoms with Crippen LogP contribution in [0.1, 0.15) is 45.4 Å². The smallest absolute Gasteiger partial charge is 0.138 e. The quantitative estimate of drug-likeness (QED) is 0.903. The Balaban J connectivity index is 1.71. The summed E-state index contributed by atoms with van der Waals surface area (Å²) in [5, 5.41) is 3.66. The second-order valence-corrected chi connectivity index (χ2v) is 5.94. The van der Waals surface area contributed by atoms with Gasteiger partial charge in [-0.3, -0.25) is 4.98 Å². The fourth-order valence-electron chi connectivity index (χ4n) is 3.91. The number of nitrogens with zero attached hydrogens (tertiary/aromatic N) is 1. The highest BCUT2D eigenvalue weighted by Gasteiger charge is 2.56. The van der Waals surface area contributed by atoms with Crippen LogP contribution in [0.2, 0.25) is 0 Å². The van der Waals surface area contributed by atoms with Crippen molar-refractivity contribution in [1.29, 1.82) is 0 Å². The molecule has 2 fully saturated rings. The van der Waals surface area contributed by atoms with Crippen molar-refractivity contribution in [3.63, 3.8) is 0 Å². The Hall–Kier alpha value is -1.09. The zero-order chi connectivity index (χ0) is 13.1. The number of hydrogen-bond acceptors (Lipinski definition) is 3. The maximum atomic E-state index is 6.22. The van der Waals surface area contributed by atoms with Gasteiger partial charge in [0.25, 0.3) is 0 Å². The Morgan fingerprint density at radius 1 is 1.37 bits per heavy atom. The molecule has 2 aliphatic carbocycles. The molecule has 0 amide bonds. The standard InChI is InChI=1S/C16H24N2O/c1-2-18-14-11-15(16(14)8-4-3-5-9-16)19-13-7-6-10-17-12-13/h6-7,10,12,14-15,18H,2-5,8-9,11H2,1H3. The summed E-state index contributed by atoms with van der Waals surface area (Å²) >= 11 is 0. The van der Waals surface area contributed by atoms with E-state index in [2.05, 4.69) is 17.2 Å². The zero-order valence-electron chi connectivity index (χ0n) is 11.8. The van der Waals surface area contributed by atoms with Gasteiger partial charge < -0.3 is 10.1 Å². The van der Waals surface area contributed by atoms with Gasteiger partial charge in [-0.1, -0.05) is 26.2 Å². The fourth-order valence-corrected chi connectivity index (χ4v) is 3.91. The molecule has 2 saturated carbocycles. The van der Waals surface area contributed by atoms with Crippen LogP contribution >= 0.6 is 0 Å². The summed E-state index contributed by atoms with van der Waals surface area (Å²) in [4.78, 5) is 4.14. The van der Waals surface area contributed by atoms with Gasteiger partial charge in [-0.15, -0.1) is 0 Å². The third-order valence-electron chi connectivity index (χ3n) is 4.93. The fraction of sp³-hybridized carbons (Fsp3) is 0.688. The minimum atomic E-state index is 0.376. The second kappa shape index (κ2) is 5.49. The zero-order valence-corrected chi connectivity index (χ0v) is 11.8. The molecule has 0 radical (unpaired) electrons. The van der Waals surface area contributed by atoms with Crippen LogP contribution in [0.5, 0.6) is 5.75 Å². The van der Waals surface area contributed by atoms with Crippen LogP contribution in [0.15, 0.2) is 24.5 Å². The first-order valence-electron chi connectivity index (χ1n) is 7.65. The topological polar surface area (TPSA) is 34.1 Å². The average molecular weight is 260 g/mol. The van der Waals surface area contributed by atoms with Crippen LogP contribution in [0.4, 0.5) is 0 Å². The highest BCUT2D eigenvalue weighted by Crippen LogP contribution is 2.53. The van der Waals surface area contributed by atoms with E-state index in [-0.39, 0.29) is 0 Å². The van der Waals surface area contributed by atoms with Gasteiger partial charge in [-0.25, -0.2) is 0 Å². The summed E-state index contributed by atoms with van der Waals surface area (Å²) in [6.07, 6.45) is 11.9. The molecule has 1 heterocycles. The Morgan fingerprint density at radius 3 is 2.89 bits per heavy atom. The molecule has 1 spiro atoms. The molecule has 2 atom stereocenters. The largest absolute Gasteiger partial charge is 0.488 e. The Bertz CT molecular complexity index is 400. The van der Waals surface area contributed by atoms with E-state index in [9.17, 15) is 0 Å². The number of aromatic nitrogens is 1. The summed E-state index contributed by atoms with van der Waals surface area (Å²) in [5.41, 5.74) is 0.379. The van der Waals surface area contributed by atoms with E-state index in [1.165, 1.54) is 32.1 Å². The van der Waals surface area contributed by atoms with Crippen molar-refractivity contribution in [3.05, 3.63) is 24.5 Å². The predicted molar refractivity (Wildman–Crippen MR) is 76.3 cm³/mol. The molecule has 2 unspecified atom stereocenters. The van der Waals surface area contributed by atoms with Crippen molar-refractivity contribution in [2.75, 3.05) is 6.54 Å². The molecule has 3 heteroatoms. The summed E-state index contributed by atoms with van der Waals surface area (Å²) in [5.74, 6) is 0.924. The summed E-state index contributed by atoms with van der Waals surface area (Å²) in [6, 6.07) is 4.62. The average Bonchev–Trinajstić information content (AvgIpc) is 2.48. The first kappa shape index (κ1) is 12.9. The van der Waals surface area contributed by atoms with Crippen LogP contribution in [-0.4, -0.2) is 23.7 Å². The summed E-state index contributed by atoms with van der Waals surface area (Å²) in [6.45, 7) is 3.26. The monoisotopic (exact) mass is 260 g/mol. The third kappa shape index (κ3) is 2.36. The molecular weight excluding hydrogens is 236 g/mol. The van der Waals surface area contributed by atoms with Crippen molar-refractivity contribution >= 4 is 0 Å². The van der Waals surface area contributed by atoms with Crippen LogP contribution < -0.4 is 10.1 Å². The van der Waals surface area contributed by atoms with Crippen LogP contribution in [0.25, 0.3) is 0 Å². The van der Waals surface area contributed by atoms with E-state index in [1.807, 2.05) is 18.3 Å². The third-order valence-corrected chi connectivity index (χ3v) is 4.93. The molecule has 104 valence electrons. The SMILES string of the molecule is CCNC1CC(Oc2cccnc2)C12CCCCC2. The number of nitrogens with one attached hydrogen (secondary N) is 1. The van der Waals surface area contributed by atoms with E-state index in [1.54, 1.807) is 6.20 Å². The Morgan fingerprint density at radius 2 is 2.21 bits per heavy atom. The Kier molecular flexibility index (Phi) is 3.74. The first-order chi connectivity index (χ1) is 9.35. The van der Waals surface area contributed by atoms with Gasteiger partial charge in [0.15, 0.2) is 0 Å². The first-order valence-corrected chi connectivity index (χ1v) is 7.65. The molecule has 3 rings (SSSR count). The molecule has 2 aliphatic rings. The van der Waals surface area contributed by atoms with E-state index in [0.717, 1.165) is 18.7 Å². The van der Waals surface area contributed by atoms with Gasteiger partial charge in [0.1, 0.15) is 11.9 Å². The molecule has 0 saturated heterocycles. The van der Waals surface area contributed by atoms with Crippen LogP contribution in [0.3, 0.4) is 0 Å². The highest BCUT2D eigenvalue weighted by molar-refractivity contribution is 5.19. The van der Waals surface area contributed by atoms with Gasteiger partial charge in [0.05, 0.1) is 6.20 Å². The van der Waals surface area contributed by atoms with Crippen molar-refractivity contribution in [2.45, 2.75) is 57.6 Å². The number of pyridine rings is 1. The van der Waals surface area contributed by atoms with Gasteiger partial charge in [-0.05, 0) is 31.5 Å². The van der Waals surface area contributed by atoms with E-state index < -0.39 is 0 Å². The van der Waals surface area contributed by atoms with E-state index in [4.69, 9.17) is 4.74 Å². The molecular formula is C16H24N2O. The summed E-state index contributed by atoms with van der Waals surface area (Å²) in [7, 11) is 0. The van der Waals surface area contributed by atoms with Gasteiger partial charge >= 0.3 is 0 Å². The minimum absolute atomic E-state index is 0.376. The van der Waals surface area contributed by atoms with Crippen molar-refractivity contribution < 1.29 is 4.74 Å². The van der Waals surface area contributed by atoms with Gasteiger partial charge in [0.2, 0.25) is 0 Å². The molecule has 1 aromatic heterocycles. The number of hydrogen-bond donors (Lipinski definition) is 1. The molecule has 3 nitrogen and oxygen atoms in total. The number of rotatable bonds is 4. The lowest BCUT2D eigenvalue weighted by Gasteiger charge is -2.57. The minimum Gasteiger partial charge on any atom is -0.488 e. The maximum absolute atomic E-state index is 6.22. The second-order valence-electron chi connectivity index (χ2n) is 5.94.